The zero-order chi connectivity index (χ0) is 13.3. The van der Waals surface area contributed by atoms with Gasteiger partial charge < -0.3 is 4.98 Å². The lowest BCUT2D eigenvalue weighted by Gasteiger charge is -2.08. The summed E-state index contributed by atoms with van der Waals surface area (Å²) in [5, 5.41) is 0. The molecule has 0 radical (unpaired) electrons. The van der Waals surface area contributed by atoms with Gasteiger partial charge in [0.1, 0.15) is 22.1 Å². The smallest absolute Gasteiger partial charge is 0.149 e. The summed E-state index contributed by atoms with van der Waals surface area (Å²) < 4.78 is 28.2. The molecule has 0 atom stereocenters. The van der Waals surface area contributed by atoms with Crippen LogP contribution in [0.25, 0.3) is 11.3 Å². The summed E-state index contributed by atoms with van der Waals surface area (Å²) >= 11 is 8.02. The second kappa shape index (κ2) is 5.24. The van der Waals surface area contributed by atoms with Crippen LogP contribution in [-0.4, -0.2) is 9.97 Å². The lowest BCUT2D eigenvalue weighted by molar-refractivity contribution is 0.584. The lowest BCUT2D eigenvalue weighted by Crippen LogP contribution is -1.99. The van der Waals surface area contributed by atoms with E-state index < -0.39 is 11.6 Å². The largest absolute Gasteiger partial charge is 0.343 e. The fourth-order valence-electron chi connectivity index (χ4n) is 1.58. The molecule has 1 aromatic carbocycles. The molecule has 6 heteroatoms. The number of nitrogens with zero attached hydrogens (tertiary/aromatic N) is 1. The predicted molar refractivity (Wildman–Crippen MR) is 71.9 cm³/mol. The molecule has 0 aliphatic carbocycles. The van der Waals surface area contributed by atoms with Crippen molar-refractivity contribution in [2.45, 2.75) is 13.3 Å². The Bertz CT molecular complexity index is 655. The van der Waals surface area contributed by atoms with E-state index in [0.717, 1.165) is 0 Å². The van der Waals surface area contributed by atoms with Gasteiger partial charge >= 0.3 is 0 Å². The molecule has 0 spiro atoms. The summed E-state index contributed by atoms with van der Waals surface area (Å²) in [4.78, 5) is 6.94. The van der Waals surface area contributed by atoms with E-state index in [0.29, 0.717) is 22.6 Å². The van der Waals surface area contributed by atoms with Crippen molar-refractivity contribution in [1.29, 1.82) is 0 Å². The zero-order valence-electron chi connectivity index (χ0n) is 9.43. The van der Waals surface area contributed by atoms with Gasteiger partial charge in [0.2, 0.25) is 0 Å². The average molecular weight is 331 g/mol. The highest BCUT2D eigenvalue weighted by molar-refractivity contribution is 9.10. The van der Waals surface area contributed by atoms with Crippen molar-refractivity contribution >= 4 is 28.1 Å². The molecule has 0 saturated carbocycles. The Morgan fingerprint density at radius 2 is 2.11 bits per heavy atom. The van der Waals surface area contributed by atoms with Crippen LogP contribution in [0.3, 0.4) is 0 Å². The maximum Gasteiger partial charge on any atom is 0.149 e. The number of hydrogen-bond donors (Lipinski definition) is 1. The van der Waals surface area contributed by atoms with Crippen LogP contribution in [0.5, 0.6) is 0 Å². The molecule has 1 heterocycles. The second-order valence-electron chi connectivity index (χ2n) is 3.65. The van der Waals surface area contributed by atoms with Crippen LogP contribution in [-0.2, 0) is 6.42 Å². The molecule has 2 nitrogen and oxygen atoms in total. The highest BCUT2D eigenvalue weighted by Gasteiger charge is 2.15. The van der Waals surface area contributed by atoms with Gasteiger partial charge in [0, 0.05) is 6.42 Å². The van der Waals surface area contributed by atoms with Gasteiger partial charge in [-0.15, -0.1) is 0 Å². The molecule has 0 aliphatic heterocycles. The molecule has 0 aliphatic rings. The molecule has 0 saturated heterocycles. The Morgan fingerprint density at radius 3 is 2.78 bits per heavy atom. The predicted octanol–water partition coefficient (Wildman–Crippen LogP) is 4.41. The first-order valence-corrected chi connectivity index (χ1v) is 6.47. The molecule has 94 valence electrons. The average Bonchev–Trinajstić information content (AvgIpc) is 2.34. The van der Waals surface area contributed by atoms with Gasteiger partial charge in [-0.1, -0.05) is 19.1 Å². The number of H-pyrrole nitrogens is 1. The third kappa shape index (κ3) is 2.49. The second-order valence-corrected chi connectivity index (χ2v) is 4.92. The summed E-state index contributed by atoms with van der Waals surface area (Å²) in [6.45, 7) is 1.88. The van der Waals surface area contributed by atoms with E-state index in [1.54, 1.807) is 0 Å². The van der Waals surface area contributed by atoms with E-state index in [1.165, 1.54) is 18.2 Å². The van der Waals surface area contributed by atoms with Crippen molar-refractivity contribution in [3.8, 4) is 11.3 Å². The minimum Gasteiger partial charge on any atom is -0.343 e. The summed E-state index contributed by atoms with van der Waals surface area (Å²) in [6.07, 6.45) is 0.606. The first-order valence-electron chi connectivity index (χ1n) is 5.27. The van der Waals surface area contributed by atoms with Gasteiger partial charge in [0.05, 0.1) is 15.7 Å². The number of rotatable bonds is 2. The molecule has 2 aromatic rings. The molecule has 0 fully saturated rings. The lowest BCUT2D eigenvalue weighted by atomic mass is 10.1. The fourth-order valence-corrected chi connectivity index (χ4v) is 2.14. The summed E-state index contributed by atoms with van der Waals surface area (Å²) in [5.41, 5.74) is 0.163. The topological polar surface area (TPSA) is 28.7 Å². The minimum absolute atomic E-state index is 0.132. The Morgan fingerprint density at radius 1 is 1.39 bits per heavy atom. The Balaban J connectivity index is 2.73. The fraction of sp³-hybridized carbons (Fsp3) is 0.167. The number of halogens is 3. The van der Waals surface area contributed by atoms with Crippen molar-refractivity contribution in [3.63, 3.8) is 0 Å². The molecule has 2 rings (SSSR count). The Kier molecular flexibility index (Phi) is 3.87. The third-order valence-electron chi connectivity index (χ3n) is 2.44. The van der Waals surface area contributed by atoms with Gasteiger partial charge in [-0.2, -0.15) is 0 Å². The summed E-state index contributed by atoms with van der Waals surface area (Å²) in [7, 11) is 0. The van der Waals surface area contributed by atoms with Crippen molar-refractivity contribution in [2.75, 3.05) is 0 Å². The molecule has 0 amide bonds. The first kappa shape index (κ1) is 13.3. The molecule has 1 N–H and O–H groups in total. The molecule has 18 heavy (non-hydrogen) atoms. The van der Waals surface area contributed by atoms with Crippen LogP contribution in [0.4, 0.5) is 8.78 Å². The SMILES string of the molecule is CCc1nc(=S)cc(-c2c(F)ccc(Br)c2F)[nH]1. The van der Waals surface area contributed by atoms with Crippen molar-refractivity contribution < 1.29 is 8.78 Å². The van der Waals surface area contributed by atoms with Gasteiger partial charge in [0.15, 0.2) is 0 Å². The van der Waals surface area contributed by atoms with E-state index in [4.69, 9.17) is 12.2 Å². The highest BCUT2D eigenvalue weighted by Crippen LogP contribution is 2.29. The van der Waals surface area contributed by atoms with Crippen molar-refractivity contribution in [1.82, 2.24) is 9.97 Å². The highest BCUT2D eigenvalue weighted by atomic mass is 79.9. The number of aromatic amines is 1. The van der Waals surface area contributed by atoms with Gasteiger partial charge in [0.25, 0.3) is 0 Å². The number of hydrogen-bond acceptors (Lipinski definition) is 2. The zero-order valence-corrected chi connectivity index (χ0v) is 11.8. The van der Waals surface area contributed by atoms with Crippen molar-refractivity contribution in [2.24, 2.45) is 0 Å². The molecular weight excluding hydrogens is 322 g/mol. The van der Waals surface area contributed by atoms with Crippen LogP contribution >= 0.6 is 28.1 Å². The van der Waals surface area contributed by atoms with E-state index >= 15 is 0 Å². The van der Waals surface area contributed by atoms with Crippen LogP contribution < -0.4 is 0 Å². The quantitative estimate of drug-likeness (QED) is 0.652. The standard InChI is InChI=1S/C12H9BrF2N2S/c1-2-9-16-8(5-10(18)17-9)11-7(14)4-3-6(13)12(11)15/h3-5H,2H2,1H3,(H,16,17,18). The maximum atomic E-state index is 14.0. The van der Waals surface area contributed by atoms with E-state index in [1.807, 2.05) is 6.92 Å². The van der Waals surface area contributed by atoms with Crippen molar-refractivity contribution in [3.05, 3.63) is 44.8 Å². The number of benzene rings is 1. The summed E-state index contributed by atoms with van der Waals surface area (Å²) in [5.74, 6) is -0.709. The van der Waals surface area contributed by atoms with Crippen LogP contribution in [0, 0.1) is 16.3 Å². The minimum atomic E-state index is -0.658. The maximum absolute atomic E-state index is 14.0. The van der Waals surface area contributed by atoms with E-state index in [-0.39, 0.29) is 10.0 Å². The molecule has 0 bridgehead atoms. The molecule has 1 aromatic heterocycles. The van der Waals surface area contributed by atoms with E-state index in [9.17, 15) is 8.78 Å². The number of aryl methyl sites for hydroxylation is 1. The number of nitrogens with one attached hydrogen (secondary N) is 1. The Labute approximate surface area is 116 Å². The van der Waals surface area contributed by atoms with Gasteiger partial charge in [-0.3, -0.25) is 0 Å². The molecule has 0 unspecified atom stereocenters. The monoisotopic (exact) mass is 330 g/mol. The van der Waals surface area contributed by atoms with Crippen LogP contribution in [0.1, 0.15) is 12.7 Å². The van der Waals surface area contributed by atoms with Crippen LogP contribution in [0.2, 0.25) is 0 Å². The van der Waals surface area contributed by atoms with Crippen LogP contribution in [0.15, 0.2) is 22.7 Å². The first-order chi connectivity index (χ1) is 8.52. The Hall–Kier alpha value is -1.14. The number of aromatic nitrogens is 2. The van der Waals surface area contributed by atoms with Gasteiger partial charge in [-0.05, 0) is 34.1 Å². The third-order valence-corrected chi connectivity index (χ3v) is 3.26. The van der Waals surface area contributed by atoms with Gasteiger partial charge in [-0.25, -0.2) is 13.8 Å². The summed E-state index contributed by atoms with van der Waals surface area (Å²) in [6, 6.07) is 3.97. The molecular formula is C12H9BrF2N2S. The normalized spacial score (nSPS) is 10.7. The van der Waals surface area contributed by atoms with E-state index in [2.05, 4.69) is 25.9 Å².